The second kappa shape index (κ2) is 6.80. The predicted octanol–water partition coefficient (Wildman–Crippen LogP) is 0.992. The lowest BCUT2D eigenvalue weighted by Gasteiger charge is -2.25. The Morgan fingerprint density at radius 3 is 2.53 bits per heavy atom. The molecular weight excluding hydrogens is 194 g/mol. The van der Waals surface area contributed by atoms with Crippen LogP contribution < -0.4 is 5.32 Å². The Hall–Kier alpha value is -0.610. The molecule has 0 unspecified atom stereocenters. The van der Waals surface area contributed by atoms with Gasteiger partial charge in [0.15, 0.2) is 0 Å². The topological polar surface area (TPSA) is 69.6 Å². The van der Waals surface area contributed by atoms with E-state index in [0.717, 1.165) is 38.8 Å². The molecule has 4 nitrogen and oxygen atoms in total. The lowest BCUT2D eigenvalue weighted by atomic mass is 9.87. The number of carboxylic acid groups (broad SMARTS) is 1. The van der Waals surface area contributed by atoms with E-state index < -0.39 is 5.97 Å². The van der Waals surface area contributed by atoms with Crippen molar-refractivity contribution in [2.75, 3.05) is 13.1 Å². The molecule has 0 amide bonds. The molecule has 0 radical (unpaired) electrons. The summed E-state index contributed by atoms with van der Waals surface area (Å²) in [5.41, 5.74) is 0. The Morgan fingerprint density at radius 1 is 1.27 bits per heavy atom. The summed E-state index contributed by atoms with van der Waals surface area (Å²) in [6.07, 6.45) is 4.87. The van der Waals surface area contributed by atoms with Gasteiger partial charge in [0.25, 0.3) is 0 Å². The molecule has 88 valence electrons. The maximum absolute atomic E-state index is 10.2. The first kappa shape index (κ1) is 12.5. The third-order valence-electron chi connectivity index (χ3n) is 2.99. The zero-order valence-electron chi connectivity index (χ0n) is 9.11. The molecule has 4 heteroatoms. The second-order valence-electron chi connectivity index (χ2n) is 4.38. The van der Waals surface area contributed by atoms with Crippen LogP contribution in [0.5, 0.6) is 0 Å². The van der Waals surface area contributed by atoms with Crippen LogP contribution in [-0.2, 0) is 4.79 Å². The molecule has 0 atom stereocenters. The maximum Gasteiger partial charge on any atom is 0.303 e. The molecule has 3 N–H and O–H groups in total. The number of hydrogen-bond acceptors (Lipinski definition) is 3. The van der Waals surface area contributed by atoms with Crippen molar-refractivity contribution in [3.8, 4) is 0 Å². The van der Waals surface area contributed by atoms with E-state index in [9.17, 15) is 9.90 Å². The monoisotopic (exact) mass is 215 g/mol. The highest BCUT2D eigenvalue weighted by Gasteiger charge is 2.18. The van der Waals surface area contributed by atoms with Gasteiger partial charge in [-0.05, 0) is 51.1 Å². The van der Waals surface area contributed by atoms with Crippen LogP contribution in [-0.4, -0.2) is 35.4 Å². The van der Waals surface area contributed by atoms with E-state index >= 15 is 0 Å². The molecule has 1 fully saturated rings. The van der Waals surface area contributed by atoms with E-state index in [-0.39, 0.29) is 12.5 Å². The predicted molar refractivity (Wildman–Crippen MR) is 57.7 cm³/mol. The summed E-state index contributed by atoms with van der Waals surface area (Å²) < 4.78 is 0. The van der Waals surface area contributed by atoms with Crippen molar-refractivity contribution in [2.45, 2.75) is 44.6 Å². The van der Waals surface area contributed by atoms with Crippen molar-refractivity contribution in [1.82, 2.24) is 5.32 Å². The molecule has 1 saturated carbocycles. The maximum atomic E-state index is 10.2. The van der Waals surface area contributed by atoms with Crippen molar-refractivity contribution in [3.63, 3.8) is 0 Å². The summed E-state index contributed by atoms with van der Waals surface area (Å²) in [5.74, 6) is -0.0594. The first-order valence-corrected chi connectivity index (χ1v) is 5.79. The zero-order chi connectivity index (χ0) is 11.1. The van der Waals surface area contributed by atoms with Crippen LogP contribution in [0.25, 0.3) is 0 Å². The smallest absolute Gasteiger partial charge is 0.303 e. The SMILES string of the molecule is O=C(O)CCCNCC1CCC(O)CC1. The van der Waals surface area contributed by atoms with Gasteiger partial charge in [-0.15, -0.1) is 0 Å². The molecule has 0 heterocycles. The van der Waals surface area contributed by atoms with Crippen molar-refractivity contribution in [3.05, 3.63) is 0 Å². The normalized spacial score (nSPS) is 26.5. The largest absolute Gasteiger partial charge is 0.481 e. The number of hydrogen-bond donors (Lipinski definition) is 3. The van der Waals surface area contributed by atoms with E-state index in [2.05, 4.69) is 5.32 Å². The van der Waals surface area contributed by atoms with Crippen LogP contribution in [0.2, 0.25) is 0 Å². The van der Waals surface area contributed by atoms with Gasteiger partial charge >= 0.3 is 5.97 Å². The number of aliphatic hydroxyl groups is 1. The molecule has 0 spiro atoms. The third-order valence-corrected chi connectivity index (χ3v) is 2.99. The molecule has 0 aromatic rings. The quantitative estimate of drug-likeness (QED) is 0.578. The van der Waals surface area contributed by atoms with Crippen LogP contribution in [0.4, 0.5) is 0 Å². The number of carboxylic acids is 1. The summed E-state index contributed by atoms with van der Waals surface area (Å²) in [6, 6.07) is 0. The van der Waals surface area contributed by atoms with E-state index in [0.29, 0.717) is 12.3 Å². The lowest BCUT2D eigenvalue weighted by Crippen LogP contribution is -2.28. The Kier molecular flexibility index (Phi) is 5.65. The van der Waals surface area contributed by atoms with Gasteiger partial charge in [-0.25, -0.2) is 0 Å². The lowest BCUT2D eigenvalue weighted by molar-refractivity contribution is -0.137. The summed E-state index contributed by atoms with van der Waals surface area (Å²) in [5, 5.41) is 21.0. The summed E-state index contributed by atoms with van der Waals surface area (Å²) in [7, 11) is 0. The Morgan fingerprint density at radius 2 is 1.93 bits per heavy atom. The number of aliphatic carboxylic acids is 1. The van der Waals surface area contributed by atoms with Crippen LogP contribution >= 0.6 is 0 Å². The first-order chi connectivity index (χ1) is 7.18. The molecule has 0 aliphatic heterocycles. The Balaban J connectivity index is 1.94. The average Bonchev–Trinajstić information content (AvgIpc) is 2.20. The van der Waals surface area contributed by atoms with Gasteiger partial charge in [0, 0.05) is 6.42 Å². The van der Waals surface area contributed by atoms with Gasteiger partial charge in [-0.1, -0.05) is 0 Å². The van der Waals surface area contributed by atoms with Crippen molar-refractivity contribution in [2.24, 2.45) is 5.92 Å². The van der Waals surface area contributed by atoms with Crippen molar-refractivity contribution in [1.29, 1.82) is 0 Å². The summed E-state index contributed by atoms with van der Waals surface area (Å²) in [4.78, 5) is 10.2. The molecule has 0 aromatic heterocycles. The fourth-order valence-corrected chi connectivity index (χ4v) is 2.02. The van der Waals surface area contributed by atoms with E-state index in [1.807, 2.05) is 0 Å². The Bertz CT molecular complexity index is 188. The van der Waals surface area contributed by atoms with Crippen LogP contribution in [0.3, 0.4) is 0 Å². The first-order valence-electron chi connectivity index (χ1n) is 5.79. The molecule has 15 heavy (non-hydrogen) atoms. The zero-order valence-corrected chi connectivity index (χ0v) is 9.11. The average molecular weight is 215 g/mol. The minimum Gasteiger partial charge on any atom is -0.481 e. The van der Waals surface area contributed by atoms with Crippen LogP contribution in [0.1, 0.15) is 38.5 Å². The molecule has 1 rings (SSSR count). The van der Waals surface area contributed by atoms with E-state index in [1.165, 1.54) is 0 Å². The highest BCUT2D eigenvalue weighted by Crippen LogP contribution is 2.23. The third kappa shape index (κ3) is 5.74. The highest BCUT2D eigenvalue weighted by molar-refractivity contribution is 5.66. The fraction of sp³-hybridized carbons (Fsp3) is 0.909. The summed E-state index contributed by atoms with van der Waals surface area (Å²) >= 11 is 0. The standard InChI is InChI=1S/C11H21NO3/c13-10-5-3-9(4-6-10)8-12-7-1-2-11(14)15/h9-10,12-13H,1-8H2,(H,14,15). The number of nitrogens with one attached hydrogen (secondary N) is 1. The molecular formula is C11H21NO3. The fourth-order valence-electron chi connectivity index (χ4n) is 2.02. The van der Waals surface area contributed by atoms with Crippen LogP contribution in [0.15, 0.2) is 0 Å². The minimum atomic E-state index is -0.724. The van der Waals surface area contributed by atoms with E-state index in [4.69, 9.17) is 5.11 Å². The molecule has 0 bridgehead atoms. The van der Waals surface area contributed by atoms with E-state index in [1.54, 1.807) is 0 Å². The molecule has 0 aromatic carbocycles. The molecule has 0 saturated heterocycles. The van der Waals surface area contributed by atoms with Crippen molar-refractivity contribution >= 4 is 5.97 Å². The van der Waals surface area contributed by atoms with Gasteiger partial charge in [-0.3, -0.25) is 4.79 Å². The van der Waals surface area contributed by atoms with Crippen LogP contribution in [0, 0.1) is 5.92 Å². The second-order valence-corrected chi connectivity index (χ2v) is 4.38. The number of aliphatic hydroxyl groups excluding tert-OH is 1. The summed E-state index contributed by atoms with van der Waals surface area (Å²) in [6.45, 7) is 1.75. The van der Waals surface area contributed by atoms with Gasteiger partial charge in [0.05, 0.1) is 6.10 Å². The van der Waals surface area contributed by atoms with Gasteiger partial charge < -0.3 is 15.5 Å². The van der Waals surface area contributed by atoms with Gasteiger partial charge in [0.1, 0.15) is 0 Å². The number of rotatable bonds is 6. The Labute approximate surface area is 90.7 Å². The molecule has 1 aliphatic carbocycles. The number of carbonyl (C=O) groups is 1. The van der Waals surface area contributed by atoms with Crippen molar-refractivity contribution < 1.29 is 15.0 Å². The molecule has 1 aliphatic rings. The minimum absolute atomic E-state index is 0.0896. The van der Waals surface area contributed by atoms with Gasteiger partial charge in [0.2, 0.25) is 0 Å². The van der Waals surface area contributed by atoms with Gasteiger partial charge in [-0.2, -0.15) is 0 Å². The highest BCUT2D eigenvalue weighted by atomic mass is 16.4.